The lowest BCUT2D eigenvalue weighted by Crippen LogP contribution is -2.49. The van der Waals surface area contributed by atoms with Crippen LogP contribution in [0.25, 0.3) is 12.2 Å². The van der Waals surface area contributed by atoms with Crippen LogP contribution >= 0.6 is 11.6 Å². The van der Waals surface area contributed by atoms with Crippen LogP contribution in [0.4, 0.5) is 11.4 Å². The number of pyridine rings is 2. The van der Waals surface area contributed by atoms with E-state index in [1.807, 2.05) is 62.3 Å². The normalized spacial score (nSPS) is 16.0. The van der Waals surface area contributed by atoms with Crippen molar-refractivity contribution in [1.82, 2.24) is 20.2 Å². The molecule has 1 aliphatic rings. The minimum absolute atomic E-state index is 0.239. The van der Waals surface area contributed by atoms with E-state index in [4.69, 9.17) is 21.1 Å². The predicted octanol–water partition coefficient (Wildman–Crippen LogP) is 2.91. The Bertz CT molecular complexity index is 1540. The quantitative estimate of drug-likeness (QED) is 0.346. The molecule has 1 amide bonds. The van der Waals surface area contributed by atoms with Gasteiger partial charge in [-0.1, -0.05) is 23.7 Å². The van der Waals surface area contributed by atoms with E-state index >= 15 is 0 Å². The Morgan fingerprint density at radius 2 is 2.08 bits per heavy atom. The number of anilines is 2. The summed E-state index contributed by atoms with van der Waals surface area (Å²) < 4.78 is 11.7. The number of hydrogen-bond donors (Lipinski definition) is 2. The van der Waals surface area contributed by atoms with Crippen molar-refractivity contribution in [2.45, 2.75) is 25.7 Å². The number of carbonyl (C=O) groups is 1. The van der Waals surface area contributed by atoms with Crippen molar-refractivity contribution in [3.63, 3.8) is 0 Å². The number of benzene rings is 1. The molecule has 2 aromatic heterocycles. The van der Waals surface area contributed by atoms with E-state index in [9.17, 15) is 10.1 Å². The van der Waals surface area contributed by atoms with Crippen molar-refractivity contribution >= 4 is 41.0 Å². The summed E-state index contributed by atoms with van der Waals surface area (Å²) in [6.45, 7) is 3.28. The fourth-order valence-corrected chi connectivity index (χ4v) is 4.36. The Morgan fingerprint density at radius 3 is 2.77 bits per heavy atom. The number of nitriles is 1. The maximum Gasteiger partial charge on any atom is 0.244 e. The van der Waals surface area contributed by atoms with Gasteiger partial charge in [-0.25, -0.2) is 0 Å². The van der Waals surface area contributed by atoms with E-state index in [2.05, 4.69) is 26.7 Å². The largest absolute Gasteiger partial charge is 0.486 e. The number of carbonyl (C=O) groups excluding carboxylic acids is 1. The van der Waals surface area contributed by atoms with Crippen molar-refractivity contribution in [2.75, 3.05) is 32.6 Å². The second-order valence-electron chi connectivity index (χ2n) is 9.29. The number of aromatic nitrogens is 2. The number of halogens is 1. The van der Waals surface area contributed by atoms with Gasteiger partial charge in [-0.05, 0) is 63.5 Å². The fourth-order valence-electron chi connectivity index (χ4n) is 4.12. The summed E-state index contributed by atoms with van der Waals surface area (Å²) in [6.07, 6.45) is 9.84. The first-order chi connectivity index (χ1) is 19.4. The highest BCUT2D eigenvalue weighted by molar-refractivity contribution is 6.32. The summed E-state index contributed by atoms with van der Waals surface area (Å²) in [5.41, 5.74) is 2.35. The highest BCUT2D eigenvalue weighted by Gasteiger charge is 2.24. The molecule has 9 nitrogen and oxygen atoms in total. The average Bonchev–Trinajstić information content (AvgIpc) is 2.94. The first-order valence-electron chi connectivity index (χ1n) is 12.8. The van der Waals surface area contributed by atoms with Gasteiger partial charge in [0.15, 0.2) is 0 Å². The molecule has 1 aliphatic carbocycles. The molecule has 0 aliphatic heterocycles. The molecule has 0 spiro atoms. The zero-order valence-electron chi connectivity index (χ0n) is 22.6. The Hall–Kier alpha value is -4.23. The van der Waals surface area contributed by atoms with Gasteiger partial charge in [-0.2, -0.15) is 5.26 Å². The number of hydrogen-bond acceptors (Lipinski definition) is 8. The van der Waals surface area contributed by atoms with E-state index < -0.39 is 12.1 Å². The standard InChI is InChI=1S/C30H31ClN6O3/c1-4-39-28-16-25-23(15-26(28)36-29(38)9-7-13-37(2)3)30(20(17-32)18-34-25)35-21-10-11-27(24(31)14-21)40-19-22-8-5-6-12-33-22/h5-12,14-16,18,26,28,35H,4,13,19H2,1-3H3,(H,36,38)/b9-7+. The van der Waals surface area contributed by atoms with Crippen molar-refractivity contribution in [1.29, 1.82) is 5.26 Å². The molecule has 0 saturated carbocycles. The summed E-state index contributed by atoms with van der Waals surface area (Å²) in [4.78, 5) is 23.3. The van der Waals surface area contributed by atoms with Crippen molar-refractivity contribution in [3.8, 4) is 11.8 Å². The molecule has 0 radical (unpaired) electrons. The molecule has 10 heteroatoms. The van der Waals surface area contributed by atoms with Crippen LogP contribution in [-0.2, 0) is 16.1 Å². The van der Waals surface area contributed by atoms with Gasteiger partial charge in [0.05, 0.1) is 33.4 Å². The van der Waals surface area contributed by atoms with Crippen molar-refractivity contribution in [3.05, 3.63) is 87.8 Å². The molecule has 3 aromatic rings. The van der Waals surface area contributed by atoms with Crippen LogP contribution in [0.5, 0.6) is 5.75 Å². The number of amides is 1. The highest BCUT2D eigenvalue weighted by atomic mass is 35.5. The first kappa shape index (κ1) is 28.8. The lowest BCUT2D eigenvalue weighted by molar-refractivity contribution is -0.117. The number of fused-ring (bicyclic) bond motifs is 1. The summed E-state index contributed by atoms with van der Waals surface area (Å²) in [6, 6.07) is 12.7. The van der Waals surface area contributed by atoms with Crippen LogP contribution in [0, 0.1) is 11.3 Å². The molecule has 206 valence electrons. The van der Waals surface area contributed by atoms with E-state index in [0.29, 0.717) is 51.4 Å². The fraction of sp³-hybridized carbons (Fsp3) is 0.267. The lowest BCUT2D eigenvalue weighted by atomic mass is 10.0. The monoisotopic (exact) mass is 558 g/mol. The van der Waals surface area contributed by atoms with E-state index in [-0.39, 0.29) is 12.5 Å². The first-order valence-corrected chi connectivity index (χ1v) is 13.2. The molecule has 0 saturated heterocycles. The maximum atomic E-state index is 12.6. The zero-order valence-corrected chi connectivity index (χ0v) is 23.4. The molecule has 2 N–H and O–H groups in total. The molecule has 2 atom stereocenters. The molecule has 0 bridgehead atoms. The average molecular weight is 559 g/mol. The van der Waals surface area contributed by atoms with Crippen molar-refractivity contribution < 1.29 is 14.3 Å². The molecular weight excluding hydrogens is 528 g/mol. The van der Waals surface area contributed by atoms with E-state index in [1.165, 1.54) is 12.3 Å². The highest BCUT2D eigenvalue weighted by Crippen LogP contribution is 2.29. The van der Waals surface area contributed by atoms with E-state index in [0.717, 1.165) is 5.69 Å². The SMILES string of the molecule is CCOC1C=c2ncc(C#N)c(Nc3ccc(OCc4ccccn4)c(Cl)c3)c2=CC1NC(=O)/C=C/CN(C)C. The molecule has 2 heterocycles. The van der Waals surface area contributed by atoms with Gasteiger partial charge in [0, 0.05) is 42.5 Å². The third-order valence-electron chi connectivity index (χ3n) is 6.00. The lowest BCUT2D eigenvalue weighted by Gasteiger charge is -2.25. The molecule has 1 aromatic carbocycles. The maximum absolute atomic E-state index is 12.6. The van der Waals surface area contributed by atoms with Gasteiger partial charge in [-0.3, -0.25) is 14.8 Å². The Kier molecular flexibility index (Phi) is 9.86. The summed E-state index contributed by atoms with van der Waals surface area (Å²) in [5, 5.41) is 17.9. The number of rotatable bonds is 11. The second kappa shape index (κ2) is 13.7. The number of nitrogens with zero attached hydrogens (tertiary/aromatic N) is 4. The van der Waals surface area contributed by atoms with Crippen LogP contribution in [0.1, 0.15) is 18.2 Å². The van der Waals surface area contributed by atoms with Crippen LogP contribution in [-0.4, -0.2) is 60.2 Å². The van der Waals surface area contributed by atoms with E-state index in [1.54, 1.807) is 24.4 Å². The third kappa shape index (κ3) is 7.45. The topological polar surface area (TPSA) is 112 Å². The second-order valence-corrected chi connectivity index (χ2v) is 9.70. The van der Waals surface area contributed by atoms with Gasteiger partial charge >= 0.3 is 0 Å². The summed E-state index contributed by atoms with van der Waals surface area (Å²) in [5.74, 6) is 0.274. The Balaban J connectivity index is 1.62. The van der Waals surface area contributed by atoms with Crippen LogP contribution in [0.3, 0.4) is 0 Å². The molecule has 2 unspecified atom stereocenters. The molecular formula is C30H31ClN6O3. The van der Waals surface area contributed by atoms with Gasteiger partial charge in [0.1, 0.15) is 24.5 Å². The third-order valence-corrected chi connectivity index (χ3v) is 6.30. The van der Waals surface area contributed by atoms with Gasteiger partial charge in [0.25, 0.3) is 0 Å². The summed E-state index contributed by atoms with van der Waals surface area (Å²) >= 11 is 6.52. The molecule has 0 fully saturated rings. The smallest absolute Gasteiger partial charge is 0.244 e. The minimum atomic E-state index is -0.466. The van der Waals surface area contributed by atoms with Crippen molar-refractivity contribution in [2.24, 2.45) is 0 Å². The van der Waals surface area contributed by atoms with Gasteiger partial charge in [0.2, 0.25) is 5.91 Å². The Morgan fingerprint density at radius 1 is 1.23 bits per heavy atom. The Labute approximate surface area is 238 Å². The van der Waals surface area contributed by atoms with Crippen LogP contribution in [0.15, 0.2) is 60.9 Å². The minimum Gasteiger partial charge on any atom is -0.486 e. The predicted molar refractivity (Wildman–Crippen MR) is 155 cm³/mol. The number of likely N-dealkylation sites (N-methyl/N-ethyl adjacent to an activating group) is 1. The van der Waals surface area contributed by atoms with Gasteiger partial charge in [-0.15, -0.1) is 0 Å². The zero-order chi connectivity index (χ0) is 28.5. The molecule has 40 heavy (non-hydrogen) atoms. The number of nitrogens with one attached hydrogen (secondary N) is 2. The van der Waals surface area contributed by atoms with Gasteiger partial charge < -0.3 is 25.0 Å². The van der Waals surface area contributed by atoms with Crippen LogP contribution in [0.2, 0.25) is 5.02 Å². The van der Waals surface area contributed by atoms with Crippen LogP contribution < -0.4 is 25.9 Å². The molecule has 4 rings (SSSR count). The number of ether oxygens (including phenoxy) is 2. The summed E-state index contributed by atoms with van der Waals surface area (Å²) in [7, 11) is 3.86.